The van der Waals surface area contributed by atoms with Crippen LogP contribution in [0.3, 0.4) is 0 Å². The molecule has 0 aliphatic carbocycles. The molecule has 0 spiro atoms. The molecule has 5 heteroatoms. The summed E-state index contributed by atoms with van der Waals surface area (Å²) in [6.45, 7) is 5.63. The Morgan fingerprint density at radius 1 is 1.35 bits per heavy atom. The van der Waals surface area contributed by atoms with Crippen molar-refractivity contribution in [1.29, 1.82) is 0 Å². The Morgan fingerprint density at radius 2 is 2.09 bits per heavy atom. The number of para-hydroxylation sites is 1. The number of carbonyl (C=O) groups is 1. The van der Waals surface area contributed by atoms with E-state index in [-0.39, 0.29) is 24.2 Å². The molecule has 0 N–H and O–H groups in total. The normalized spacial score (nSPS) is 20.0. The number of hydrogen-bond acceptors (Lipinski definition) is 4. The van der Waals surface area contributed by atoms with Gasteiger partial charge in [-0.05, 0) is 32.8 Å². The third-order valence-electron chi connectivity index (χ3n) is 4.53. The van der Waals surface area contributed by atoms with Gasteiger partial charge in [0, 0.05) is 32.2 Å². The lowest BCUT2D eigenvalue weighted by Gasteiger charge is -2.31. The van der Waals surface area contributed by atoms with Gasteiger partial charge in [0.15, 0.2) is 18.1 Å². The van der Waals surface area contributed by atoms with Gasteiger partial charge in [0.25, 0.3) is 5.91 Å². The summed E-state index contributed by atoms with van der Waals surface area (Å²) in [6, 6.07) is 5.87. The molecular formula is C18H25NO4. The lowest BCUT2D eigenvalue weighted by atomic mass is 10.0. The Kier molecular flexibility index (Phi) is 4.48. The molecule has 0 saturated carbocycles. The maximum Gasteiger partial charge on any atom is 0.260 e. The zero-order valence-corrected chi connectivity index (χ0v) is 14.1. The van der Waals surface area contributed by atoms with E-state index in [1.165, 1.54) is 0 Å². The summed E-state index contributed by atoms with van der Waals surface area (Å²) < 4.78 is 17.1. The number of carbonyl (C=O) groups excluding carboxylic acids is 1. The summed E-state index contributed by atoms with van der Waals surface area (Å²) in [5, 5.41) is 0. The summed E-state index contributed by atoms with van der Waals surface area (Å²) >= 11 is 0. The van der Waals surface area contributed by atoms with Crippen LogP contribution in [0.25, 0.3) is 0 Å². The first-order valence-electron chi connectivity index (χ1n) is 8.23. The molecule has 0 aromatic heterocycles. The molecule has 1 saturated heterocycles. The third-order valence-corrected chi connectivity index (χ3v) is 4.53. The SMILES string of the molecule is COC1CCN(C(=O)COc2cccc3c2OC(C)(C)C3)CC1. The van der Waals surface area contributed by atoms with Gasteiger partial charge >= 0.3 is 0 Å². The predicted molar refractivity (Wildman–Crippen MR) is 87.0 cm³/mol. The van der Waals surface area contributed by atoms with E-state index in [0.29, 0.717) is 5.75 Å². The van der Waals surface area contributed by atoms with Crippen molar-refractivity contribution in [1.82, 2.24) is 4.90 Å². The smallest absolute Gasteiger partial charge is 0.260 e. The van der Waals surface area contributed by atoms with Crippen molar-refractivity contribution in [2.75, 3.05) is 26.8 Å². The van der Waals surface area contributed by atoms with Gasteiger partial charge in [0.05, 0.1) is 6.10 Å². The Balaban J connectivity index is 1.58. The van der Waals surface area contributed by atoms with Crippen LogP contribution in [0.4, 0.5) is 0 Å². The fraction of sp³-hybridized carbons (Fsp3) is 0.611. The van der Waals surface area contributed by atoms with Crippen LogP contribution in [-0.4, -0.2) is 49.3 Å². The van der Waals surface area contributed by atoms with Crippen LogP contribution in [0, 0.1) is 0 Å². The zero-order valence-electron chi connectivity index (χ0n) is 14.1. The van der Waals surface area contributed by atoms with Crippen molar-refractivity contribution >= 4 is 5.91 Å². The highest BCUT2D eigenvalue weighted by atomic mass is 16.5. The van der Waals surface area contributed by atoms with E-state index >= 15 is 0 Å². The quantitative estimate of drug-likeness (QED) is 0.855. The first-order valence-corrected chi connectivity index (χ1v) is 8.23. The van der Waals surface area contributed by atoms with Crippen molar-refractivity contribution in [3.8, 4) is 11.5 Å². The van der Waals surface area contributed by atoms with E-state index in [1.807, 2.05) is 23.1 Å². The fourth-order valence-corrected chi connectivity index (χ4v) is 3.27. The summed E-state index contributed by atoms with van der Waals surface area (Å²) in [5.41, 5.74) is 0.925. The van der Waals surface area contributed by atoms with Gasteiger partial charge in [0.2, 0.25) is 0 Å². The Morgan fingerprint density at radius 3 is 2.78 bits per heavy atom. The van der Waals surface area contributed by atoms with Crippen LogP contribution in [0.1, 0.15) is 32.3 Å². The van der Waals surface area contributed by atoms with Crippen molar-refractivity contribution in [2.45, 2.75) is 44.8 Å². The Labute approximate surface area is 137 Å². The topological polar surface area (TPSA) is 48.0 Å². The molecule has 2 aliphatic heterocycles. The molecule has 0 atom stereocenters. The number of methoxy groups -OCH3 is 1. The van der Waals surface area contributed by atoms with Crippen molar-refractivity contribution in [2.24, 2.45) is 0 Å². The van der Waals surface area contributed by atoms with Gasteiger partial charge < -0.3 is 19.1 Å². The highest BCUT2D eigenvalue weighted by Gasteiger charge is 2.32. The number of piperidine rings is 1. The van der Waals surface area contributed by atoms with Crippen molar-refractivity contribution < 1.29 is 19.0 Å². The van der Waals surface area contributed by atoms with Crippen LogP contribution in [0.2, 0.25) is 0 Å². The molecule has 2 heterocycles. The number of rotatable bonds is 4. The molecule has 1 amide bonds. The van der Waals surface area contributed by atoms with E-state index in [4.69, 9.17) is 14.2 Å². The number of benzene rings is 1. The fourth-order valence-electron chi connectivity index (χ4n) is 3.27. The number of amides is 1. The summed E-state index contributed by atoms with van der Waals surface area (Å²) in [5.74, 6) is 1.46. The molecule has 1 aromatic rings. The van der Waals surface area contributed by atoms with Gasteiger partial charge in [0.1, 0.15) is 5.60 Å². The molecule has 0 radical (unpaired) electrons. The monoisotopic (exact) mass is 319 g/mol. The highest BCUT2D eigenvalue weighted by Crippen LogP contribution is 2.41. The van der Waals surface area contributed by atoms with Gasteiger partial charge in [-0.1, -0.05) is 12.1 Å². The second kappa shape index (κ2) is 6.40. The summed E-state index contributed by atoms with van der Waals surface area (Å²) in [6.07, 6.45) is 2.91. The highest BCUT2D eigenvalue weighted by molar-refractivity contribution is 5.78. The minimum Gasteiger partial charge on any atom is -0.483 e. The van der Waals surface area contributed by atoms with Gasteiger partial charge in [-0.2, -0.15) is 0 Å². The second-order valence-electron chi connectivity index (χ2n) is 6.89. The van der Waals surface area contributed by atoms with Gasteiger partial charge in [-0.25, -0.2) is 0 Å². The zero-order chi connectivity index (χ0) is 16.4. The van der Waals surface area contributed by atoms with E-state index in [1.54, 1.807) is 7.11 Å². The minimum absolute atomic E-state index is 0.0226. The Hall–Kier alpha value is -1.75. The third kappa shape index (κ3) is 3.61. The van der Waals surface area contributed by atoms with Crippen molar-refractivity contribution in [3.63, 3.8) is 0 Å². The van der Waals surface area contributed by atoms with Crippen LogP contribution in [0.5, 0.6) is 11.5 Å². The molecule has 0 bridgehead atoms. The van der Waals surface area contributed by atoms with Crippen LogP contribution < -0.4 is 9.47 Å². The molecule has 23 heavy (non-hydrogen) atoms. The van der Waals surface area contributed by atoms with Gasteiger partial charge in [-0.15, -0.1) is 0 Å². The maximum atomic E-state index is 12.3. The van der Waals surface area contributed by atoms with E-state index < -0.39 is 0 Å². The standard InChI is InChI=1S/C18H25NO4/c1-18(2)11-13-5-4-6-15(17(13)23-18)22-12-16(20)19-9-7-14(21-3)8-10-19/h4-6,14H,7-12H2,1-3H3. The first kappa shape index (κ1) is 16.1. The van der Waals surface area contributed by atoms with Crippen LogP contribution >= 0.6 is 0 Å². The van der Waals surface area contributed by atoms with Crippen molar-refractivity contribution in [3.05, 3.63) is 23.8 Å². The molecule has 2 aliphatic rings. The van der Waals surface area contributed by atoms with Crippen LogP contribution in [0.15, 0.2) is 18.2 Å². The molecule has 126 valence electrons. The minimum atomic E-state index is -0.214. The number of ether oxygens (including phenoxy) is 3. The lowest BCUT2D eigenvalue weighted by Crippen LogP contribution is -2.42. The Bertz CT molecular complexity index is 576. The van der Waals surface area contributed by atoms with E-state index in [9.17, 15) is 4.79 Å². The summed E-state index contributed by atoms with van der Waals surface area (Å²) in [4.78, 5) is 14.2. The molecule has 5 nitrogen and oxygen atoms in total. The molecule has 1 fully saturated rings. The maximum absolute atomic E-state index is 12.3. The molecular weight excluding hydrogens is 294 g/mol. The average molecular weight is 319 g/mol. The number of nitrogens with zero attached hydrogens (tertiary/aromatic N) is 1. The van der Waals surface area contributed by atoms with Gasteiger partial charge in [-0.3, -0.25) is 4.79 Å². The molecule has 3 rings (SSSR count). The number of likely N-dealkylation sites (tertiary alicyclic amines) is 1. The summed E-state index contributed by atoms with van der Waals surface area (Å²) in [7, 11) is 1.72. The van der Waals surface area contributed by atoms with Crippen LogP contribution in [-0.2, 0) is 16.0 Å². The number of hydrogen-bond donors (Lipinski definition) is 0. The molecule has 0 unspecified atom stereocenters. The predicted octanol–water partition coefficient (Wildman–Crippen LogP) is 2.42. The van der Waals surface area contributed by atoms with E-state index in [2.05, 4.69) is 13.8 Å². The number of fused-ring (bicyclic) bond motifs is 1. The second-order valence-corrected chi connectivity index (χ2v) is 6.89. The average Bonchev–Trinajstić information content (AvgIpc) is 2.87. The molecule has 1 aromatic carbocycles. The largest absolute Gasteiger partial charge is 0.483 e. The van der Waals surface area contributed by atoms with E-state index in [0.717, 1.165) is 43.7 Å². The lowest BCUT2D eigenvalue weighted by molar-refractivity contribution is -0.135. The first-order chi connectivity index (χ1) is 11.0.